The van der Waals surface area contributed by atoms with Gasteiger partial charge in [-0.05, 0) is 113 Å². The van der Waals surface area contributed by atoms with E-state index >= 15 is 0 Å². The molecule has 58 heavy (non-hydrogen) atoms. The van der Waals surface area contributed by atoms with E-state index in [1.54, 1.807) is 11.8 Å². The minimum absolute atomic E-state index is 0.728. The summed E-state index contributed by atoms with van der Waals surface area (Å²) in [5.74, 6) is 0. The Morgan fingerprint density at radius 1 is 0.345 bits per heavy atom. The van der Waals surface area contributed by atoms with Gasteiger partial charge in [-0.15, -0.1) is 0 Å². The van der Waals surface area contributed by atoms with Gasteiger partial charge in [-0.2, -0.15) is 0 Å². The van der Waals surface area contributed by atoms with E-state index in [9.17, 15) is 0 Å². The Bertz CT molecular complexity index is 3370. The summed E-state index contributed by atoms with van der Waals surface area (Å²) in [5.41, 5.74) is 16.4. The van der Waals surface area contributed by atoms with Crippen molar-refractivity contribution in [2.24, 2.45) is 0 Å². The molecule has 11 aromatic rings. The summed E-state index contributed by atoms with van der Waals surface area (Å²) in [5, 5.41) is 6.92. The van der Waals surface area contributed by atoms with Crippen LogP contribution in [-0.2, 0) is 0 Å². The SMILES string of the molecule is [B]c1ccc2c(c1)c1c(c3c4cc([B])ccc4n(-c4ccc(C)cc4)c3c3c4cc(C)ccc4n(-c4ccc(Sc5ccc(C)cc5)cc4)c13)n2-c1ccc(C)cc1. The molecule has 11 rings (SSSR count). The van der Waals surface area contributed by atoms with Crippen LogP contribution >= 0.6 is 11.8 Å². The fraction of sp³-hybridized carbons (Fsp3) is 0.0769. The molecule has 0 N–H and O–H groups in total. The minimum atomic E-state index is 0.728. The smallest absolute Gasteiger partial charge is 0.113 e. The molecular weight excluding hydrogens is 720 g/mol. The van der Waals surface area contributed by atoms with Crippen LogP contribution in [0.2, 0.25) is 0 Å². The van der Waals surface area contributed by atoms with Crippen LogP contribution in [-0.4, -0.2) is 29.4 Å². The molecule has 0 amide bonds. The van der Waals surface area contributed by atoms with Crippen molar-refractivity contribution >= 4 is 104 Å². The van der Waals surface area contributed by atoms with Crippen molar-refractivity contribution in [3.8, 4) is 17.1 Å². The normalized spacial score (nSPS) is 12.0. The summed E-state index contributed by atoms with van der Waals surface area (Å²) in [6.07, 6.45) is 0. The van der Waals surface area contributed by atoms with Crippen molar-refractivity contribution in [3.63, 3.8) is 0 Å². The van der Waals surface area contributed by atoms with E-state index in [-0.39, 0.29) is 0 Å². The van der Waals surface area contributed by atoms with E-state index in [1.165, 1.54) is 42.8 Å². The van der Waals surface area contributed by atoms with Crippen LogP contribution in [0.3, 0.4) is 0 Å². The van der Waals surface area contributed by atoms with E-state index in [0.717, 1.165) is 82.6 Å². The monoisotopic (exact) mass is 757 g/mol. The molecule has 3 aromatic heterocycles. The van der Waals surface area contributed by atoms with Gasteiger partial charge in [0.25, 0.3) is 0 Å². The molecule has 3 heterocycles. The molecule has 0 spiro atoms. The van der Waals surface area contributed by atoms with E-state index in [0.29, 0.717) is 0 Å². The van der Waals surface area contributed by atoms with E-state index in [4.69, 9.17) is 15.7 Å². The second-order valence-electron chi connectivity index (χ2n) is 15.8. The van der Waals surface area contributed by atoms with Gasteiger partial charge in [-0.3, -0.25) is 0 Å². The van der Waals surface area contributed by atoms with Gasteiger partial charge in [-0.1, -0.05) is 112 Å². The zero-order valence-corrected chi connectivity index (χ0v) is 33.7. The highest BCUT2D eigenvalue weighted by atomic mass is 32.2. The summed E-state index contributed by atoms with van der Waals surface area (Å²) in [6.45, 7) is 8.60. The minimum Gasteiger partial charge on any atom is -0.308 e. The van der Waals surface area contributed by atoms with Gasteiger partial charge in [0.1, 0.15) is 15.7 Å². The number of nitrogens with zero attached hydrogens (tertiary/aromatic N) is 3. The maximum absolute atomic E-state index is 6.74. The largest absolute Gasteiger partial charge is 0.308 e. The van der Waals surface area contributed by atoms with Crippen molar-refractivity contribution in [1.82, 2.24) is 13.7 Å². The molecule has 0 aliphatic carbocycles. The van der Waals surface area contributed by atoms with Crippen molar-refractivity contribution < 1.29 is 0 Å². The fourth-order valence-corrected chi connectivity index (χ4v) is 9.87. The lowest BCUT2D eigenvalue weighted by atomic mass is 9.93. The Labute approximate surface area is 344 Å². The molecule has 0 aliphatic heterocycles. The standard InChI is InChI=1S/C52H37B2N3S/c1-30-5-14-36(15-6-30)55-45-25-12-34(53)28-42(45)48-50(55)47-41-27-33(4)11-24-44(41)57(38-18-22-40(23-19-38)58-39-20-9-32(3)10-21-39)51(47)49-43-29-35(54)13-26-46(43)56(52(48)49)37-16-7-31(2)8-17-37/h5-29H,1-4H3. The topological polar surface area (TPSA) is 14.8 Å². The molecule has 272 valence electrons. The summed E-state index contributed by atoms with van der Waals surface area (Å²) in [6, 6.07) is 55.2. The van der Waals surface area contributed by atoms with Gasteiger partial charge in [0.15, 0.2) is 0 Å². The highest BCUT2D eigenvalue weighted by molar-refractivity contribution is 7.99. The predicted octanol–water partition coefficient (Wildman–Crippen LogP) is 12.0. The molecule has 6 heteroatoms. The van der Waals surface area contributed by atoms with Gasteiger partial charge in [0.2, 0.25) is 0 Å². The Morgan fingerprint density at radius 2 is 0.655 bits per heavy atom. The van der Waals surface area contributed by atoms with Crippen LogP contribution in [0.5, 0.6) is 0 Å². The Balaban J connectivity index is 1.39. The van der Waals surface area contributed by atoms with Crippen LogP contribution in [0, 0.1) is 27.7 Å². The predicted molar refractivity (Wildman–Crippen MR) is 250 cm³/mol. The van der Waals surface area contributed by atoms with Crippen LogP contribution in [0.1, 0.15) is 22.3 Å². The number of fused-ring (bicyclic) bond motifs is 12. The Hall–Kier alpha value is -6.36. The van der Waals surface area contributed by atoms with Gasteiger partial charge >= 0.3 is 0 Å². The molecule has 0 fully saturated rings. The van der Waals surface area contributed by atoms with Crippen molar-refractivity contribution in [1.29, 1.82) is 0 Å². The first-order valence-electron chi connectivity index (χ1n) is 19.7. The molecular formula is C52H37B2N3S. The third-order valence-electron chi connectivity index (χ3n) is 11.8. The Morgan fingerprint density at radius 3 is 1.07 bits per heavy atom. The summed E-state index contributed by atoms with van der Waals surface area (Å²) in [7, 11) is 13.5. The third kappa shape index (κ3) is 5.32. The van der Waals surface area contributed by atoms with Gasteiger partial charge in [-0.25, -0.2) is 0 Å². The number of hydrogen-bond acceptors (Lipinski definition) is 1. The number of aromatic nitrogens is 3. The van der Waals surface area contributed by atoms with Gasteiger partial charge in [0.05, 0.1) is 33.1 Å². The molecule has 0 bridgehead atoms. The maximum atomic E-state index is 6.74. The average molecular weight is 758 g/mol. The first-order valence-corrected chi connectivity index (χ1v) is 20.6. The summed E-state index contributed by atoms with van der Waals surface area (Å²) in [4.78, 5) is 2.42. The molecule has 0 unspecified atom stereocenters. The van der Waals surface area contributed by atoms with Crippen LogP contribution in [0.25, 0.3) is 82.5 Å². The maximum Gasteiger partial charge on any atom is 0.113 e. The molecule has 8 aromatic carbocycles. The van der Waals surface area contributed by atoms with Crippen LogP contribution in [0.15, 0.2) is 161 Å². The lowest BCUT2D eigenvalue weighted by Gasteiger charge is -2.14. The number of hydrogen-bond donors (Lipinski definition) is 0. The summed E-state index contributed by atoms with van der Waals surface area (Å²) < 4.78 is 7.39. The van der Waals surface area contributed by atoms with Crippen molar-refractivity contribution in [3.05, 3.63) is 174 Å². The molecule has 0 saturated heterocycles. The molecule has 0 atom stereocenters. The van der Waals surface area contributed by atoms with Gasteiger partial charge in [0, 0.05) is 59.2 Å². The molecule has 4 radical (unpaired) electrons. The Kier molecular flexibility index (Phi) is 7.87. The van der Waals surface area contributed by atoms with E-state index < -0.39 is 0 Å². The molecule has 0 aliphatic rings. The first-order chi connectivity index (χ1) is 28.2. The molecule has 0 saturated carbocycles. The number of benzene rings is 8. The van der Waals surface area contributed by atoms with E-state index in [1.807, 2.05) is 12.1 Å². The fourth-order valence-electron chi connectivity index (χ4n) is 9.05. The zero-order chi connectivity index (χ0) is 39.4. The number of aryl methyl sites for hydroxylation is 4. The lowest BCUT2D eigenvalue weighted by Crippen LogP contribution is -2.01. The van der Waals surface area contributed by atoms with E-state index in [2.05, 4.69) is 181 Å². The quantitative estimate of drug-likeness (QED) is 0.160. The second kappa shape index (κ2) is 13.1. The molecule has 3 nitrogen and oxygen atoms in total. The lowest BCUT2D eigenvalue weighted by molar-refractivity contribution is 1.16. The zero-order valence-electron chi connectivity index (χ0n) is 32.8. The van der Waals surface area contributed by atoms with Gasteiger partial charge < -0.3 is 13.7 Å². The highest BCUT2D eigenvalue weighted by Gasteiger charge is 2.29. The van der Waals surface area contributed by atoms with Crippen LogP contribution < -0.4 is 10.9 Å². The van der Waals surface area contributed by atoms with Crippen molar-refractivity contribution in [2.75, 3.05) is 0 Å². The second-order valence-corrected chi connectivity index (χ2v) is 17.0. The first kappa shape index (κ1) is 34.9. The average Bonchev–Trinajstić information content (AvgIpc) is 3.85. The van der Waals surface area contributed by atoms with Crippen molar-refractivity contribution in [2.45, 2.75) is 37.5 Å². The van der Waals surface area contributed by atoms with Crippen LogP contribution in [0.4, 0.5) is 0 Å². The summed E-state index contributed by atoms with van der Waals surface area (Å²) >= 11 is 1.79. The number of rotatable bonds is 5. The third-order valence-corrected chi connectivity index (χ3v) is 12.8. The highest BCUT2D eigenvalue weighted by Crippen LogP contribution is 2.50.